The zero-order valence-electron chi connectivity index (χ0n) is 14.4. The van der Waals surface area contributed by atoms with Crippen molar-refractivity contribution < 1.29 is 4.79 Å². The van der Waals surface area contributed by atoms with Crippen molar-refractivity contribution in [2.45, 2.75) is 12.5 Å². The van der Waals surface area contributed by atoms with Crippen LogP contribution in [-0.2, 0) is 4.79 Å². The second kappa shape index (κ2) is 7.35. The quantitative estimate of drug-likeness (QED) is 0.738. The third-order valence-corrected chi connectivity index (χ3v) is 4.51. The van der Waals surface area contributed by atoms with E-state index in [1.807, 2.05) is 59.5 Å². The van der Waals surface area contributed by atoms with Crippen molar-refractivity contribution in [3.63, 3.8) is 0 Å². The highest BCUT2D eigenvalue weighted by Gasteiger charge is 2.24. The van der Waals surface area contributed by atoms with Crippen molar-refractivity contribution in [3.8, 4) is 0 Å². The van der Waals surface area contributed by atoms with Gasteiger partial charge in [0.1, 0.15) is 0 Å². The maximum Gasteiger partial charge on any atom is 0.246 e. The third kappa shape index (κ3) is 3.72. The fourth-order valence-corrected chi connectivity index (χ4v) is 3.16. The molecule has 26 heavy (non-hydrogen) atoms. The summed E-state index contributed by atoms with van der Waals surface area (Å²) in [5.74, 6) is 0.0114. The first-order valence-electron chi connectivity index (χ1n) is 8.78. The number of benzene rings is 2. The normalized spacial score (nSPS) is 17.1. The summed E-state index contributed by atoms with van der Waals surface area (Å²) in [4.78, 5) is 23.2. The van der Waals surface area contributed by atoms with Crippen LogP contribution in [0.25, 0.3) is 17.1 Å². The Morgan fingerprint density at radius 1 is 1.08 bits per heavy atom. The summed E-state index contributed by atoms with van der Waals surface area (Å²) in [7, 11) is 0. The molecule has 1 aromatic heterocycles. The minimum absolute atomic E-state index is 0.0114. The zero-order chi connectivity index (χ0) is 17.8. The Labute approximate surface area is 152 Å². The SMILES string of the molecule is O=C(/C=C\c1cnc2ccccc2n1)N1CC[C@H](Nc2ccccc2)C1. The lowest BCUT2D eigenvalue weighted by atomic mass is 10.2. The van der Waals surface area contributed by atoms with E-state index in [4.69, 9.17) is 0 Å². The van der Waals surface area contributed by atoms with E-state index >= 15 is 0 Å². The standard InChI is InChI=1S/C21H20N4O/c26-21(11-10-17-14-22-19-8-4-5-9-20(19)24-17)25-13-12-18(15-25)23-16-6-2-1-3-7-16/h1-11,14,18,23H,12-13,15H2/b11-10-/t18-/m0/s1. The number of aromatic nitrogens is 2. The van der Waals surface area contributed by atoms with Crippen LogP contribution in [0, 0.1) is 0 Å². The molecule has 4 rings (SSSR count). The number of nitrogens with zero attached hydrogens (tertiary/aromatic N) is 3. The number of hydrogen-bond acceptors (Lipinski definition) is 4. The Morgan fingerprint density at radius 3 is 2.69 bits per heavy atom. The van der Waals surface area contributed by atoms with Crippen LogP contribution < -0.4 is 5.32 Å². The summed E-state index contributed by atoms with van der Waals surface area (Å²) in [5.41, 5.74) is 3.46. The van der Waals surface area contributed by atoms with Crippen LogP contribution in [0.15, 0.2) is 66.9 Å². The van der Waals surface area contributed by atoms with Gasteiger partial charge < -0.3 is 10.2 Å². The molecule has 2 aromatic carbocycles. The monoisotopic (exact) mass is 344 g/mol. The molecular formula is C21H20N4O. The Bertz CT molecular complexity index is 939. The minimum Gasteiger partial charge on any atom is -0.380 e. The molecule has 3 aromatic rings. The zero-order valence-corrected chi connectivity index (χ0v) is 14.4. The number of hydrogen-bond donors (Lipinski definition) is 1. The maximum absolute atomic E-state index is 12.4. The Morgan fingerprint density at radius 2 is 1.85 bits per heavy atom. The van der Waals surface area contributed by atoms with Crippen LogP contribution in [0.4, 0.5) is 5.69 Å². The van der Waals surface area contributed by atoms with E-state index in [2.05, 4.69) is 15.3 Å². The van der Waals surface area contributed by atoms with E-state index in [0.717, 1.165) is 29.7 Å². The van der Waals surface area contributed by atoms with Gasteiger partial charge in [-0.05, 0) is 36.8 Å². The molecule has 0 spiro atoms. The number of fused-ring (bicyclic) bond motifs is 1. The van der Waals surface area contributed by atoms with Crippen molar-refractivity contribution in [3.05, 3.63) is 72.6 Å². The highest BCUT2D eigenvalue weighted by Crippen LogP contribution is 2.16. The summed E-state index contributed by atoms with van der Waals surface area (Å²) in [5, 5.41) is 3.48. The van der Waals surface area contributed by atoms with E-state index in [1.165, 1.54) is 0 Å². The molecule has 5 nitrogen and oxygen atoms in total. The third-order valence-electron chi connectivity index (χ3n) is 4.51. The highest BCUT2D eigenvalue weighted by molar-refractivity contribution is 5.92. The van der Waals surface area contributed by atoms with Gasteiger partial charge in [-0.15, -0.1) is 0 Å². The number of rotatable bonds is 4. The number of para-hydroxylation sites is 3. The van der Waals surface area contributed by atoms with Crippen molar-refractivity contribution in [1.29, 1.82) is 0 Å². The Balaban J connectivity index is 1.37. The second-order valence-corrected chi connectivity index (χ2v) is 6.40. The average molecular weight is 344 g/mol. The van der Waals surface area contributed by atoms with Gasteiger partial charge in [0.2, 0.25) is 5.91 Å². The van der Waals surface area contributed by atoms with Gasteiger partial charge in [0.05, 0.1) is 22.9 Å². The number of amides is 1. The number of carbonyl (C=O) groups is 1. The first-order valence-corrected chi connectivity index (χ1v) is 8.78. The van der Waals surface area contributed by atoms with Crippen molar-refractivity contribution in [2.24, 2.45) is 0 Å². The maximum atomic E-state index is 12.4. The molecule has 0 aliphatic carbocycles. The van der Waals surface area contributed by atoms with Gasteiger partial charge >= 0.3 is 0 Å². The van der Waals surface area contributed by atoms with Crippen LogP contribution in [0.1, 0.15) is 12.1 Å². The summed E-state index contributed by atoms with van der Waals surface area (Å²) in [6.07, 6.45) is 5.96. The lowest BCUT2D eigenvalue weighted by Crippen LogP contribution is -2.30. The van der Waals surface area contributed by atoms with Crippen LogP contribution in [-0.4, -0.2) is 39.9 Å². The Hall–Kier alpha value is -3.21. The molecule has 130 valence electrons. The molecule has 1 aliphatic heterocycles. The number of anilines is 1. The van der Waals surface area contributed by atoms with Gasteiger partial charge in [-0.2, -0.15) is 0 Å². The van der Waals surface area contributed by atoms with Crippen LogP contribution in [0.5, 0.6) is 0 Å². The molecular weight excluding hydrogens is 324 g/mol. The molecule has 1 N–H and O–H groups in total. The topological polar surface area (TPSA) is 58.1 Å². The van der Waals surface area contributed by atoms with Crippen LogP contribution >= 0.6 is 0 Å². The molecule has 1 fully saturated rings. The second-order valence-electron chi connectivity index (χ2n) is 6.40. The highest BCUT2D eigenvalue weighted by atomic mass is 16.2. The first-order chi connectivity index (χ1) is 12.8. The molecule has 1 atom stereocenters. The predicted molar refractivity (Wildman–Crippen MR) is 104 cm³/mol. The lowest BCUT2D eigenvalue weighted by Gasteiger charge is -2.16. The first kappa shape index (κ1) is 16.3. The molecule has 1 amide bonds. The van der Waals surface area contributed by atoms with E-state index in [1.54, 1.807) is 18.3 Å². The minimum atomic E-state index is 0.0114. The fraction of sp³-hybridized carbons (Fsp3) is 0.190. The smallest absolute Gasteiger partial charge is 0.246 e. The fourth-order valence-electron chi connectivity index (χ4n) is 3.16. The summed E-state index contributed by atoms with van der Waals surface area (Å²) in [6.45, 7) is 1.47. The molecule has 5 heteroatoms. The van der Waals surface area contributed by atoms with Gasteiger partial charge in [-0.3, -0.25) is 9.78 Å². The number of likely N-dealkylation sites (tertiary alicyclic amines) is 1. The van der Waals surface area contributed by atoms with Gasteiger partial charge in [0.25, 0.3) is 0 Å². The van der Waals surface area contributed by atoms with Crippen LogP contribution in [0.2, 0.25) is 0 Å². The van der Waals surface area contributed by atoms with E-state index in [-0.39, 0.29) is 11.9 Å². The summed E-state index contributed by atoms with van der Waals surface area (Å²) >= 11 is 0. The van der Waals surface area contributed by atoms with Crippen molar-refractivity contribution in [2.75, 3.05) is 18.4 Å². The molecule has 1 saturated heterocycles. The van der Waals surface area contributed by atoms with E-state index in [9.17, 15) is 4.79 Å². The van der Waals surface area contributed by atoms with Gasteiger partial charge in [-0.1, -0.05) is 30.3 Å². The number of carbonyl (C=O) groups excluding carboxylic acids is 1. The average Bonchev–Trinajstić information content (AvgIpc) is 3.15. The van der Waals surface area contributed by atoms with Gasteiger partial charge in [0, 0.05) is 30.9 Å². The Kier molecular flexibility index (Phi) is 4.60. The summed E-state index contributed by atoms with van der Waals surface area (Å²) in [6, 6.07) is 18.1. The predicted octanol–water partition coefficient (Wildman–Crippen LogP) is 3.36. The molecule has 0 saturated carbocycles. The van der Waals surface area contributed by atoms with Crippen LogP contribution in [0.3, 0.4) is 0 Å². The number of nitrogens with one attached hydrogen (secondary N) is 1. The van der Waals surface area contributed by atoms with E-state index in [0.29, 0.717) is 12.2 Å². The van der Waals surface area contributed by atoms with E-state index < -0.39 is 0 Å². The van der Waals surface area contributed by atoms with Crippen molar-refractivity contribution in [1.82, 2.24) is 14.9 Å². The molecule has 1 aliphatic rings. The molecule has 2 heterocycles. The molecule has 0 bridgehead atoms. The molecule has 0 unspecified atom stereocenters. The molecule has 0 radical (unpaired) electrons. The van der Waals surface area contributed by atoms with Gasteiger partial charge in [0.15, 0.2) is 0 Å². The lowest BCUT2D eigenvalue weighted by molar-refractivity contribution is -0.124. The van der Waals surface area contributed by atoms with Gasteiger partial charge in [-0.25, -0.2) is 4.98 Å². The summed E-state index contributed by atoms with van der Waals surface area (Å²) < 4.78 is 0. The van der Waals surface area contributed by atoms with Crippen molar-refractivity contribution >= 4 is 28.7 Å². The largest absolute Gasteiger partial charge is 0.380 e.